The lowest BCUT2D eigenvalue weighted by Gasteiger charge is -2.04. The Morgan fingerprint density at radius 1 is 0.806 bits per heavy atom. The van der Waals surface area contributed by atoms with E-state index in [1.54, 1.807) is 6.92 Å². The van der Waals surface area contributed by atoms with Crippen LogP contribution in [0, 0.1) is 57.3 Å². The third-order valence-electron chi connectivity index (χ3n) is 5.04. The number of aryl methyl sites for hydroxylation is 1. The van der Waals surface area contributed by atoms with Gasteiger partial charge in [-0.3, -0.25) is 29.6 Å². The average Bonchev–Trinajstić information content (AvgIpc) is 3.36. The Labute approximate surface area is 200 Å². The topological polar surface area (TPSA) is 122 Å². The van der Waals surface area contributed by atoms with Crippen LogP contribution in [0.25, 0.3) is 0 Å². The Bertz CT molecular complexity index is 1420. The summed E-state index contributed by atoms with van der Waals surface area (Å²) in [6.45, 7) is 3.35. The summed E-state index contributed by atoms with van der Waals surface area (Å²) in [4.78, 5) is 20.2. The van der Waals surface area contributed by atoms with E-state index >= 15 is 0 Å². The smallest absolute Gasteiger partial charge is 0.261 e. The van der Waals surface area contributed by atoms with E-state index in [0.717, 1.165) is 30.5 Å². The Kier molecular flexibility index (Phi) is 7.77. The van der Waals surface area contributed by atoms with Crippen LogP contribution >= 0.6 is 0 Å². The molecule has 0 atom stereocenters. The van der Waals surface area contributed by atoms with E-state index in [4.69, 9.17) is 0 Å². The number of nitrogens with zero attached hydrogens (tertiary/aromatic N) is 6. The zero-order valence-electron chi connectivity index (χ0n) is 18.9. The zero-order chi connectivity index (χ0) is 26.6. The number of hydrogen-bond donors (Lipinski definition) is 0. The molecular formula is C22H18F4N6O4. The Morgan fingerprint density at radius 2 is 1.33 bits per heavy atom. The van der Waals surface area contributed by atoms with Crippen LogP contribution in [0.5, 0.6) is 0 Å². The molecule has 0 aliphatic carbocycles. The van der Waals surface area contributed by atoms with Crippen LogP contribution in [0.15, 0.2) is 48.8 Å². The van der Waals surface area contributed by atoms with Crippen molar-refractivity contribution in [3.05, 3.63) is 115 Å². The van der Waals surface area contributed by atoms with Crippen molar-refractivity contribution in [2.24, 2.45) is 0 Å². The molecule has 36 heavy (non-hydrogen) atoms. The van der Waals surface area contributed by atoms with E-state index in [1.807, 2.05) is 0 Å². The van der Waals surface area contributed by atoms with E-state index in [9.17, 15) is 37.8 Å². The molecule has 10 nitrogen and oxygen atoms in total. The molecule has 0 saturated heterocycles. The highest BCUT2D eigenvalue weighted by Gasteiger charge is 2.17. The van der Waals surface area contributed by atoms with Crippen molar-refractivity contribution < 1.29 is 27.4 Å². The fraction of sp³-hybridized carbons (Fsp3) is 0.182. The molecule has 0 saturated carbocycles. The lowest BCUT2D eigenvalue weighted by atomic mass is 10.2. The van der Waals surface area contributed by atoms with Gasteiger partial charge in [-0.2, -0.15) is 10.2 Å². The lowest BCUT2D eigenvalue weighted by molar-refractivity contribution is -0.385. The van der Waals surface area contributed by atoms with Gasteiger partial charge in [0.25, 0.3) is 0 Å². The SMILES string of the molecule is Cc1c([N+](=O)[O-])cnn1Cc1ccc(F)c(F)c1.Cc1nn(Cc2ccc(F)c(F)c2)cc1[N+](=O)[O-]. The fourth-order valence-electron chi connectivity index (χ4n) is 3.18. The lowest BCUT2D eigenvalue weighted by Crippen LogP contribution is -2.05. The van der Waals surface area contributed by atoms with Gasteiger partial charge in [-0.05, 0) is 49.2 Å². The Balaban J connectivity index is 0.000000201. The number of rotatable bonds is 6. The van der Waals surface area contributed by atoms with Crippen LogP contribution in [0.2, 0.25) is 0 Å². The molecule has 0 fully saturated rings. The molecule has 2 aromatic heterocycles. The Morgan fingerprint density at radius 3 is 1.78 bits per heavy atom. The van der Waals surface area contributed by atoms with Crippen LogP contribution in [0.1, 0.15) is 22.5 Å². The molecule has 0 N–H and O–H groups in total. The van der Waals surface area contributed by atoms with Crippen LogP contribution in [-0.2, 0) is 13.1 Å². The van der Waals surface area contributed by atoms with E-state index in [2.05, 4.69) is 10.2 Å². The first-order valence-corrected chi connectivity index (χ1v) is 10.2. The molecule has 4 aromatic rings. The van der Waals surface area contributed by atoms with Crippen LogP contribution < -0.4 is 0 Å². The van der Waals surface area contributed by atoms with Gasteiger partial charge in [0, 0.05) is 0 Å². The summed E-state index contributed by atoms with van der Waals surface area (Å²) in [7, 11) is 0. The van der Waals surface area contributed by atoms with Gasteiger partial charge in [0.2, 0.25) is 0 Å². The number of aromatic nitrogens is 4. The van der Waals surface area contributed by atoms with Crippen LogP contribution in [0.4, 0.5) is 28.9 Å². The third-order valence-corrected chi connectivity index (χ3v) is 5.04. The number of halogens is 4. The predicted octanol–water partition coefficient (Wildman–Crippen LogP) is 4.85. The van der Waals surface area contributed by atoms with Crippen LogP contribution in [-0.4, -0.2) is 29.4 Å². The first-order chi connectivity index (χ1) is 17.0. The second-order valence-corrected chi connectivity index (χ2v) is 7.58. The van der Waals surface area contributed by atoms with Gasteiger partial charge in [0.15, 0.2) is 23.3 Å². The quantitative estimate of drug-likeness (QED) is 0.209. The minimum Gasteiger partial charge on any atom is -0.261 e. The van der Waals surface area contributed by atoms with Gasteiger partial charge in [-0.25, -0.2) is 17.6 Å². The molecule has 0 aliphatic heterocycles. The van der Waals surface area contributed by atoms with E-state index in [0.29, 0.717) is 16.8 Å². The maximum Gasteiger partial charge on any atom is 0.309 e. The molecule has 0 bridgehead atoms. The summed E-state index contributed by atoms with van der Waals surface area (Å²) in [5, 5.41) is 29.0. The first-order valence-electron chi connectivity index (χ1n) is 10.2. The highest BCUT2D eigenvalue weighted by atomic mass is 19.2. The van der Waals surface area contributed by atoms with Crippen molar-refractivity contribution >= 4 is 11.4 Å². The number of hydrogen-bond acceptors (Lipinski definition) is 6. The number of nitro groups is 2. The van der Waals surface area contributed by atoms with Crippen molar-refractivity contribution in [2.45, 2.75) is 26.9 Å². The standard InChI is InChI=1S/2C11H9F2N3O2/c1-7-11(16(17)18)5-14-15(7)6-8-2-3-9(12)10(13)4-8;1-7-11(16(17)18)6-15(14-7)5-8-2-3-9(12)10(13)4-8/h2-5H,6H2,1H3;2-4,6H,5H2,1H3. The average molecular weight is 506 g/mol. The molecule has 4 rings (SSSR count). The summed E-state index contributed by atoms with van der Waals surface area (Å²) < 4.78 is 54.1. The maximum atomic E-state index is 13.0. The summed E-state index contributed by atoms with van der Waals surface area (Å²) in [5.41, 5.74) is 1.41. The van der Waals surface area contributed by atoms with Gasteiger partial charge in [0.05, 0.1) is 22.9 Å². The van der Waals surface area contributed by atoms with E-state index < -0.39 is 33.1 Å². The number of benzene rings is 2. The highest BCUT2D eigenvalue weighted by Crippen LogP contribution is 2.19. The molecule has 0 radical (unpaired) electrons. The second-order valence-electron chi connectivity index (χ2n) is 7.58. The highest BCUT2D eigenvalue weighted by molar-refractivity contribution is 5.33. The minimum absolute atomic E-state index is 0.0995. The Hall–Kier alpha value is -4.62. The fourth-order valence-corrected chi connectivity index (χ4v) is 3.18. The zero-order valence-corrected chi connectivity index (χ0v) is 18.9. The third kappa shape index (κ3) is 6.08. The summed E-state index contributed by atoms with van der Waals surface area (Å²) in [5.74, 6) is -3.76. The summed E-state index contributed by atoms with van der Waals surface area (Å²) in [6, 6.07) is 6.92. The predicted molar refractivity (Wildman–Crippen MR) is 118 cm³/mol. The minimum atomic E-state index is -0.953. The second kappa shape index (κ2) is 10.8. The van der Waals surface area contributed by atoms with Gasteiger partial charge in [0.1, 0.15) is 23.8 Å². The van der Waals surface area contributed by atoms with Gasteiger partial charge in [-0.1, -0.05) is 12.1 Å². The van der Waals surface area contributed by atoms with Crippen molar-refractivity contribution in [3.63, 3.8) is 0 Å². The van der Waals surface area contributed by atoms with E-state index in [1.165, 1.54) is 34.6 Å². The van der Waals surface area contributed by atoms with E-state index in [-0.39, 0.29) is 30.2 Å². The van der Waals surface area contributed by atoms with Crippen LogP contribution in [0.3, 0.4) is 0 Å². The van der Waals surface area contributed by atoms with Gasteiger partial charge in [-0.15, -0.1) is 0 Å². The molecule has 0 unspecified atom stereocenters. The normalized spacial score (nSPS) is 10.6. The monoisotopic (exact) mass is 506 g/mol. The molecular weight excluding hydrogens is 488 g/mol. The van der Waals surface area contributed by atoms with Crippen molar-refractivity contribution in [1.29, 1.82) is 0 Å². The summed E-state index contributed by atoms with van der Waals surface area (Å²) in [6.07, 6.45) is 2.39. The summed E-state index contributed by atoms with van der Waals surface area (Å²) >= 11 is 0. The molecule has 0 amide bonds. The molecule has 14 heteroatoms. The molecule has 2 heterocycles. The molecule has 2 aromatic carbocycles. The van der Waals surface area contributed by atoms with Gasteiger partial charge >= 0.3 is 11.4 Å². The molecule has 0 spiro atoms. The van der Waals surface area contributed by atoms with Crippen molar-refractivity contribution in [1.82, 2.24) is 19.6 Å². The maximum absolute atomic E-state index is 13.0. The largest absolute Gasteiger partial charge is 0.309 e. The van der Waals surface area contributed by atoms with Crippen molar-refractivity contribution in [3.8, 4) is 0 Å². The van der Waals surface area contributed by atoms with Gasteiger partial charge < -0.3 is 0 Å². The molecule has 0 aliphatic rings. The molecule has 188 valence electrons. The van der Waals surface area contributed by atoms with Crippen molar-refractivity contribution in [2.75, 3.05) is 0 Å². The first kappa shape index (κ1) is 26.0.